The lowest BCUT2D eigenvalue weighted by Gasteiger charge is -2.31. The summed E-state index contributed by atoms with van der Waals surface area (Å²) in [6, 6.07) is 0. The third-order valence-electron chi connectivity index (χ3n) is 3.87. The van der Waals surface area contributed by atoms with Gasteiger partial charge in [-0.15, -0.1) is 0 Å². The van der Waals surface area contributed by atoms with Crippen molar-refractivity contribution in [1.82, 2.24) is 5.32 Å². The van der Waals surface area contributed by atoms with E-state index < -0.39 is 24.2 Å². The van der Waals surface area contributed by atoms with Crippen molar-refractivity contribution in [3.63, 3.8) is 0 Å². The largest absolute Gasteiger partial charge is 0.401 e. The number of nitrogens with two attached hydrogens (primary N) is 1. The maximum absolute atomic E-state index is 12.3. The van der Waals surface area contributed by atoms with Gasteiger partial charge in [-0.3, -0.25) is 10.1 Å². The van der Waals surface area contributed by atoms with E-state index in [-0.39, 0.29) is 0 Å². The zero-order valence-corrected chi connectivity index (χ0v) is 10.6. The van der Waals surface area contributed by atoms with Crippen molar-refractivity contribution in [3.05, 3.63) is 0 Å². The first-order chi connectivity index (χ1) is 8.29. The molecule has 106 valence electrons. The number of amides is 1. The number of carbonyl (C=O) groups excluding carboxylic acids is 1. The van der Waals surface area contributed by atoms with Gasteiger partial charge in [-0.05, 0) is 25.2 Å². The Kier molecular flexibility index (Phi) is 5.01. The van der Waals surface area contributed by atoms with Crippen molar-refractivity contribution in [2.24, 2.45) is 11.7 Å². The summed E-state index contributed by atoms with van der Waals surface area (Å²) in [5.74, 6) is -0.178. The van der Waals surface area contributed by atoms with Crippen molar-refractivity contribution in [3.8, 4) is 0 Å². The summed E-state index contributed by atoms with van der Waals surface area (Å²) in [6.45, 7) is 0.901. The molecule has 1 saturated carbocycles. The molecular formula is C12H21F3N2O. The molecule has 3 N–H and O–H groups in total. The van der Waals surface area contributed by atoms with Crippen LogP contribution in [0.4, 0.5) is 13.2 Å². The van der Waals surface area contributed by atoms with Gasteiger partial charge in [0.2, 0.25) is 5.91 Å². The molecule has 1 fully saturated rings. The van der Waals surface area contributed by atoms with Crippen LogP contribution >= 0.6 is 0 Å². The summed E-state index contributed by atoms with van der Waals surface area (Å²) >= 11 is 0. The first-order valence-corrected chi connectivity index (χ1v) is 6.41. The lowest BCUT2D eigenvalue weighted by Crippen LogP contribution is -2.57. The molecule has 1 aliphatic rings. The minimum Gasteiger partial charge on any atom is -0.368 e. The number of rotatable bonds is 4. The number of nitrogens with one attached hydrogen (secondary N) is 1. The standard InChI is InChI=1S/C12H21F3N2O/c1-2-9-4-3-6-11(7-5-9,10(16)18)17-8-12(13,14)15/h9,17H,2-8H2,1H3,(H2,16,18). The molecule has 0 saturated heterocycles. The van der Waals surface area contributed by atoms with Crippen LogP contribution < -0.4 is 11.1 Å². The summed E-state index contributed by atoms with van der Waals surface area (Å²) in [5, 5.41) is 2.36. The summed E-state index contributed by atoms with van der Waals surface area (Å²) in [4.78, 5) is 11.5. The predicted octanol–water partition coefficient (Wildman–Crippen LogP) is 2.35. The Morgan fingerprint density at radius 2 is 2.06 bits per heavy atom. The summed E-state index contributed by atoms with van der Waals surface area (Å²) in [6.07, 6.45) is -0.0747. The summed E-state index contributed by atoms with van der Waals surface area (Å²) in [7, 11) is 0. The number of hydrogen-bond donors (Lipinski definition) is 2. The lowest BCUT2D eigenvalue weighted by atomic mass is 9.88. The fraction of sp³-hybridized carbons (Fsp3) is 0.917. The molecule has 3 nitrogen and oxygen atoms in total. The van der Waals surface area contributed by atoms with Gasteiger partial charge in [0.25, 0.3) is 0 Å². The molecule has 0 heterocycles. The van der Waals surface area contributed by atoms with Crippen molar-refractivity contribution in [2.45, 2.75) is 57.2 Å². The number of alkyl halides is 3. The van der Waals surface area contributed by atoms with Crippen LogP contribution in [-0.2, 0) is 4.79 Å². The third kappa shape index (κ3) is 4.15. The van der Waals surface area contributed by atoms with Gasteiger partial charge in [0.05, 0.1) is 12.1 Å². The Morgan fingerprint density at radius 3 is 2.56 bits per heavy atom. The topological polar surface area (TPSA) is 55.1 Å². The molecule has 0 spiro atoms. The quantitative estimate of drug-likeness (QED) is 0.767. The van der Waals surface area contributed by atoms with Gasteiger partial charge in [-0.25, -0.2) is 0 Å². The molecule has 2 unspecified atom stereocenters. The van der Waals surface area contributed by atoms with Crippen molar-refractivity contribution >= 4 is 5.91 Å². The number of halogens is 3. The van der Waals surface area contributed by atoms with Gasteiger partial charge < -0.3 is 5.73 Å². The van der Waals surface area contributed by atoms with E-state index in [1.807, 2.05) is 0 Å². The Hall–Kier alpha value is -0.780. The molecule has 1 rings (SSSR count). The molecule has 1 aliphatic carbocycles. The van der Waals surface area contributed by atoms with Crippen molar-refractivity contribution in [1.29, 1.82) is 0 Å². The summed E-state index contributed by atoms with van der Waals surface area (Å²) < 4.78 is 36.8. The lowest BCUT2D eigenvalue weighted by molar-refractivity contribution is -0.136. The van der Waals surface area contributed by atoms with E-state index in [2.05, 4.69) is 12.2 Å². The van der Waals surface area contributed by atoms with Gasteiger partial charge in [0, 0.05) is 0 Å². The summed E-state index contributed by atoms with van der Waals surface area (Å²) in [5.41, 5.74) is 4.14. The molecule has 0 bridgehead atoms. The Balaban J connectivity index is 2.71. The normalized spacial score (nSPS) is 29.9. The van der Waals surface area contributed by atoms with Crippen LogP contribution in [0.15, 0.2) is 0 Å². The molecule has 0 aromatic rings. The SMILES string of the molecule is CCC1CCCC(NCC(F)(F)F)(C(N)=O)CC1. The highest BCUT2D eigenvalue weighted by atomic mass is 19.4. The van der Waals surface area contributed by atoms with Crippen LogP contribution in [0.25, 0.3) is 0 Å². The molecular weight excluding hydrogens is 245 g/mol. The fourth-order valence-corrected chi connectivity index (χ4v) is 2.60. The van der Waals surface area contributed by atoms with Crippen molar-refractivity contribution in [2.75, 3.05) is 6.54 Å². The second kappa shape index (κ2) is 5.91. The highest BCUT2D eigenvalue weighted by Crippen LogP contribution is 2.32. The Morgan fingerprint density at radius 1 is 1.39 bits per heavy atom. The molecule has 0 aromatic heterocycles. The maximum Gasteiger partial charge on any atom is 0.401 e. The van der Waals surface area contributed by atoms with E-state index in [1.54, 1.807) is 0 Å². The monoisotopic (exact) mass is 266 g/mol. The Labute approximate surface area is 105 Å². The van der Waals surface area contributed by atoms with Crippen LogP contribution in [0, 0.1) is 5.92 Å². The van der Waals surface area contributed by atoms with Crippen molar-refractivity contribution < 1.29 is 18.0 Å². The second-order valence-corrected chi connectivity index (χ2v) is 5.12. The smallest absolute Gasteiger partial charge is 0.368 e. The predicted molar refractivity (Wildman–Crippen MR) is 62.8 cm³/mol. The van der Waals surface area contributed by atoms with E-state index in [4.69, 9.17) is 5.73 Å². The van der Waals surface area contributed by atoms with E-state index in [0.29, 0.717) is 18.8 Å². The van der Waals surface area contributed by atoms with E-state index >= 15 is 0 Å². The highest BCUT2D eigenvalue weighted by Gasteiger charge is 2.41. The molecule has 1 amide bonds. The second-order valence-electron chi connectivity index (χ2n) is 5.12. The van der Waals surface area contributed by atoms with Gasteiger partial charge in [-0.2, -0.15) is 13.2 Å². The number of hydrogen-bond acceptors (Lipinski definition) is 2. The average Bonchev–Trinajstić information content (AvgIpc) is 2.48. The van der Waals surface area contributed by atoms with Crippen LogP contribution in [-0.4, -0.2) is 24.2 Å². The minimum atomic E-state index is -4.32. The Bertz CT molecular complexity index is 294. The molecule has 0 aromatic carbocycles. The van der Waals surface area contributed by atoms with E-state index in [1.165, 1.54) is 0 Å². The van der Waals surface area contributed by atoms with Gasteiger partial charge >= 0.3 is 6.18 Å². The minimum absolute atomic E-state index is 0.398. The molecule has 2 atom stereocenters. The van der Waals surface area contributed by atoms with Gasteiger partial charge in [0.1, 0.15) is 0 Å². The van der Waals surface area contributed by atoms with E-state index in [9.17, 15) is 18.0 Å². The first kappa shape index (κ1) is 15.3. The van der Waals surface area contributed by atoms with Gasteiger partial charge in [0.15, 0.2) is 0 Å². The van der Waals surface area contributed by atoms with Crippen LogP contribution in [0.3, 0.4) is 0 Å². The third-order valence-corrected chi connectivity index (χ3v) is 3.87. The average molecular weight is 266 g/mol. The molecule has 6 heteroatoms. The number of carbonyl (C=O) groups is 1. The zero-order valence-electron chi connectivity index (χ0n) is 10.6. The maximum atomic E-state index is 12.3. The van der Waals surface area contributed by atoms with E-state index in [0.717, 1.165) is 25.7 Å². The van der Waals surface area contributed by atoms with Gasteiger partial charge in [-0.1, -0.05) is 26.2 Å². The highest BCUT2D eigenvalue weighted by molar-refractivity contribution is 5.84. The van der Waals surface area contributed by atoms with Crippen LogP contribution in [0.5, 0.6) is 0 Å². The number of primary amides is 1. The fourth-order valence-electron chi connectivity index (χ4n) is 2.60. The molecule has 18 heavy (non-hydrogen) atoms. The van der Waals surface area contributed by atoms with Crippen LogP contribution in [0.1, 0.15) is 45.4 Å². The zero-order chi connectivity index (χ0) is 13.8. The molecule has 0 aliphatic heterocycles. The molecule has 0 radical (unpaired) electrons. The van der Waals surface area contributed by atoms with Crippen LogP contribution in [0.2, 0.25) is 0 Å². The first-order valence-electron chi connectivity index (χ1n) is 6.41.